The minimum atomic E-state index is -0.222. The van der Waals surface area contributed by atoms with Gasteiger partial charge in [-0.15, -0.1) is 0 Å². The summed E-state index contributed by atoms with van der Waals surface area (Å²) in [5, 5.41) is 0. The fourth-order valence-electron chi connectivity index (χ4n) is 1.66. The Bertz CT molecular complexity index is 365. The Kier molecular flexibility index (Phi) is 5.49. The van der Waals surface area contributed by atoms with Crippen LogP contribution in [0.25, 0.3) is 0 Å². The second-order valence-electron chi connectivity index (χ2n) is 3.89. The van der Waals surface area contributed by atoms with E-state index in [1.807, 2.05) is 24.3 Å². The van der Waals surface area contributed by atoms with Crippen molar-refractivity contribution >= 4 is 5.97 Å². The quantitative estimate of drug-likeness (QED) is 0.762. The van der Waals surface area contributed by atoms with Crippen LogP contribution in [0.5, 0.6) is 5.75 Å². The van der Waals surface area contributed by atoms with E-state index in [0.29, 0.717) is 19.3 Å². The maximum absolute atomic E-state index is 11.0. The van der Waals surface area contributed by atoms with Gasteiger partial charge in [-0.1, -0.05) is 18.2 Å². The molecule has 0 heterocycles. The van der Waals surface area contributed by atoms with Crippen LogP contribution in [0.3, 0.4) is 0 Å². The van der Waals surface area contributed by atoms with Gasteiger partial charge in [-0.3, -0.25) is 4.79 Å². The first-order chi connectivity index (χ1) is 8.17. The largest absolute Gasteiger partial charge is 0.496 e. The van der Waals surface area contributed by atoms with Gasteiger partial charge in [-0.25, -0.2) is 0 Å². The summed E-state index contributed by atoms with van der Waals surface area (Å²) in [6.07, 6.45) is 1.67. The van der Waals surface area contributed by atoms with Crippen LogP contribution in [0, 0.1) is 0 Å². The van der Waals surface area contributed by atoms with Gasteiger partial charge in [0.1, 0.15) is 5.75 Å². The van der Waals surface area contributed by atoms with E-state index in [2.05, 4.69) is 4.74 Å². The summed E-state index contributed by atoms with van der Waals surface area (Å²) in [6, 6.07) is 7.69. The first-order valence-electron chi connectivity index (χ1n) is 5.61. The number of hydrogen-bond acceptors (Lipinski definition) is 4. The van der Waals surface area contributed by atoms with Gasteiger partial charge >= 0.3 is 5.97 Å². The van der Waals surface area contributed by atoms with Crippen LogP contribution < -0.4 is 10.5 Å². The number of methoxy groups -OCH3 is 2. The van der Waals surface area contributed by atoms with Crippen molar-refractivity contribution in [3.63, 3.8) is 0 Å². The number of hydrogen-bond donors (Lipinski definition) is 1. The Morgan fingerprint density at radius 1 is 1.35 bits per heavy atom. The average Bonchev–Trinajstić information content (AvgIpc) is 2.36. The highest BCUT2D eigenvalue weighted by atomic mass is 16.5. The van der Waals surface area contributed by atoms with Gasteiger partial charge in [0.25, 0.3) is 0 Å². The molecule has 0 saturated heterocycles. The van der Waals surface area contributed by atoms with Crippen molar-refractivity contribution in [2.75, 3.05) is 14.2 Å². The summed E-state index contributed by atoms with van der Waals surface area (Å²) >= 11 is 0. The normalized spacial score (nSPS) is 11.9. The van der Waals surface area contributed by atoms with Crippen LogP contribution in [0.1, 0.15) is 18.4 Å². The average molecular weight is 237 g/mol. The van der Waals surface area contributed by atoms with Gasteiger partial charge < -0.3 is 15.2 Å². The number of benzene rings is 1. The Hall–Kier alpha value is -1.55. The predicted molar refractivity (Wildman–Crippen MR) is 65.9 cm³/mol. The second kappa shape index (κ2) is 6.91. The first-order valence-corrected chi connectivity index (χ1v) is 5.61. The Morgan fingerprint density at radius 3 is 2.71 bits per heavy atom. The number of esters is 1. The van der Waals surface area contributed by atoms with Crippen molar-refractivity contribution in [3.05, 3.63) is 29.8 Å². The molecule has 0 aliphatic heterocycles. The van der Waals surface area contributed by atoms with Gasteiger partial charge in [0, 0.05) is 12.5 Å². The van der Waals surface area contributed by atoms with Crippen LogP contribution in [-0.4, -0.2) is 26.2 Å². The van der Waals surface area contributed by atoms with Crippen LogP contribution in [-0.2, 0) is 16.0 Å². The van der Waals surface area contributed by atoms with Crippen LogP contribution >= 0.6 is 0 Å². The molecule has 1 rings (SSSR count). The summed E-state index contributed by atoms with van der Waals surface area (Å²) in [4.78, 5) is 11.0. The maximum Gasteiger partial charge on any atom is 0.305 e. The third kappa shape index (κ3) is 4.44. The molecule has 0 saturated carbocycles. The standard InChI is InChI=1S/C13H19NO3/c1-16-12-6-4-3-5-10(12)9-11(14)7-8-13(15)17-2/h3-6,11H,7-9,14H2,1-2H3. The van der Waals surface area contributed by atoms with E-state index in [1.54, 1.807) is 7.11 Å². The highest BCUT2D eigenvalue weighted by Crippen LogP contribution is 2.19. The number of rotatable bonds is 6. The third-order valence-electron chi connectivity index (χ3n) is 2.62. The molecule has 1 aromatic carbocycles. The topological polar surface area (TPSA) is 61.5 Å². The molecule has 1 atom stereocenters. The lowest BCUT2D eigenvalue weighted by Crippen LogP contribution is -2.24. The van der Waals surface area contributed by atoms with Gasteiger partial charge in [-0.2, -0.15) is 0 Å². The smallest absolute Gasteiger partial charge is 0.305 e. The van der Waals surface area contributed by atoms with Crippen molar-refractivity contribution in [1.82, 2.24) is 0 Å². The zero-order valence-electron chi connectivity index (χ0n) is 10.3. The van der Waals surface area contributed by atoms with Crippen molar-refractivity contribution in [3.8, 4) is 5.75 Å². The Labute approximate surface area is 102 Å². The highest BCUT2D eigenvalue weighted by Gasteiger charge is 2.10. The van der Waals surface area contributed by atoms with Crippen LogP contribution in [0.4, 0.5) is 0 Å². The second-order valence-corrected chi connectivity index (χ2v) is 3.89. The molecule has 0 aliphatic carbocycles. The zero-order chi connectivity index (χ0) is 12.7. The number of para-hydroxylation sites is 1. The third-order valence-corrected chi connectivity index (χ3v) is 2.62. The van der Waals surface area contributed by atoms with Crippen molar-refractivity contribution in [1.29, 1.82) is 0 Å². The van der Waals surface area contributed by atoms with E-state index < -0.39 is 0 Å². The molecule has 94 valence electrons. The molecular formula is C13H19NO3. The molecule has 4 heteroatoms. The lowest BCUT2D eigenvalue weighted by molar-refractivity contribution is -0.140. The fraction of sp³-hybridized carbons (Fsp3) is 0.462. The molecule has 0 fully saturated rings. The molecule has 0 aromatic heterocycles. The van der Waals surface area contributed by atoms with Gasteiger partial charge in [0.15, 0.2) is 0 Å². The molecule has 1 unspecified atom stereocenters. The Balaban J connectivity index is 2.50. The maximum atomic E-state index is 11.0. The number of carbonyl (C=O) groups is 1. The lowest BCUT2D eigenvalue weighted by Gasteiger charge is -2.13. The van der Waals surface area contributed by atoms with Crippen molar-refractivity contribution in [2.45, 2.75) is 25.3 Å². The van der Waals surface area contributed by atoms with E-state index in [-0.39, 0.29) is 12.0 Å². The van der Waals surface area contributed by atoms with Gasteiger partial charge in [-0.05, 0) is 24.5 Å². The summed E-state index contributed by atoms with van der Waals surface area (Å²) in [7, 11) is 3.02. The molecule has 0 bridgehead atoms. The van der Waals surface area contributed by atoms with Crippen LogP contribution in [0.2, 0.25) is 0 Å². The molecular weight excluding hydrogens is 218 g/mol. The van der Waals surface area contributed by atoms with E-state index in [0.717, 1.165) is 11.3 Å². The minimum Gasteiger partial charge on any atom is -0.496 e. The summed E-state index contributed by atoms with van der Waals surface area (Å²) < 4.78 is 9.82. The molecule has 17 heavy (non-hydrogen) atoms. The molecule has 1 aromatic rings. The molecule has 2 N–H and O–H groups in total. The van der Waals surface area contributed by atoms with E-state index in [1.165, 1.54) is 7.11 Å². The summed E-state index contributed by atoms with van der Waals surface area (Å²) in [5.41, 5.74) is 7.03. The summed E-state index contributed by atoms with van der Waals surface area (Å²) in [5.74, 6) is 0.612. The van der Waals surface area contributed by atoms with Gasteiger partial charge in [0.05, 0.1) is 14.2 Å². The van der Waals surface area contributed by atoms with Crippen molar-refractivity contribution in [2.24, 2.45) is 5.73 Å². The Morgan fingerprint density at radius 2 is 2.06 bits per heavy atom. The van der Waals surface area contributed by atoms with E-state index in [9.17, 15) is 4.79 Å². The SMILES string of the molecule is COC(=O)CCC(N)Cc1ccccc1OC. The molecule has 0 radical (unpaired) electrons. The summed E-state index contributed by atoms with van der Waals surface area (Å²) in [6.45, 7) is 0. The lowest BCUT2D eigenvalue weighted by atomic mass is 10.0. The predicted octanol–water partition coefficient (Wildman–Crippen LogP) is 1.52. The van der Waals surface area contributed by atoms with Crippen LogP contribution in [0.15, 0.2) is 24.3 Å². The molecule has 4 nitrogen and oxygen atoms in total. The molecule has 0 spiro atoms. The van der Waals surface area contributed by atoms with E-state index in [4.69, 9.17) is 10.5 Å². The van der Waals surface area contributed by atoms with Gasteiger partial charge in [0.2, 0.25) is 0 Å². The first kappa shape index (κ1) is 13.5. The van der Waals surface area contributed by atoms with Crippen molar-refractivity contribution < 1.29 is 14.3 Å². The number of ether oxygens (including phenoxy) is 2. The highest BCUT2D eigenvalue weighted by molar-refractivity contribution is 5.69. The number of nitrogens with two attached hydrogens (primary N) is 1. The molecule has 0 amide bonds. The fourth-order valence-corrected chi connectivity index (χ4v) is 1.66. The zero-order valence-corrected chi connectivity index (χ0v) is 10.3. The minimum absolute atomic E-state index is 0.0644. The van der Waals surface area contributed by atoms with E-state index >= 15 is 0 Å². The number of carbonyl (C=O) groups excluding carboxylic acids is 1. The monoisotopic (exact) mass is 237 g/mol. The molecule has 0 aliphatic rings.